The van der Waals surface area contributed by atoms with Crippen molar-refractivity contribution in [3.05, 3.63) is 53.1 Å². The van der Waals surface area contributed by atoms with Crippen LogP contribution in [0.1, 0.15) is 16.8 Å². The lowest BCUT2D eigenvalue weighted by molar-refractivity contribution is 0.122. The molecule has 1 saturated heterocycles. The van der Waals surface area contributed by atoms with Gasteiger partial charge in [-0.15, -0.1) is 0 Å². The van der Waals surface area contributed by atoms with Gasteiger partial charge in [0.25, 0.3) is 0 Å². The third kappa shape index (κ3) is 3.39. The van der Waals surface area contributed by atoms with E-state index in [0.717, 1.165) is 69.6 Å². The van der Waals surface area contributed by atoms with Crippen LogP contribution < -0.4 is 4.90 Å². The molecule has 0 radical (unpaired) electrons. The smallest absolute Gasteiger partial charge is 0.225 e. The Morgan fingerprint density at radius 3 is 2.67 bits per heavy atom. The van der Waals surface area contributed by atoms with E-state index in [-0.39, 0.29) is 5.82 Å². The monoisotopic (exact) mass is 328 g/mol. The van der Waals surface area contributed by atoms with Gasteiger partial charge in [-0.3, -0.25) is 4.90 Å². The summed E-state index contributed by atoms with van der Waals surface area (Å²) in [5.41, 5.74) is 3.48. The number of anilines is 1. The lowest BCUT2D eigenvalue weighted by Crippen LogP contribution is -2.38. The standard InChI is InChI=1S/C18H21FN4O/c19-16-3-1-14(2-4-16)12-22-6-5-17-15(13-22)11-20-18(21-17)23-7-9-24-10-8-23/h1-4,11H,5-10,12-13H2. The van der Waals surface area contributed by atoms with Crippen molar-refractivity contribution >= 4 is 5.95 Å². The zero-order chi connectivity index (χ0) is 16.4. The van der Waals surface area contributed by atoms with Gasteiger partial charge in [0.2, 0.25) is 5.95 Å². The quantitative estimate of drug-likeness (QED) is 0.862. The molecule has 0 unspecified atom stereocenters. The van der Waals surface area contributed by atoms with Gasteiger partial charge in [-0.1, -0.05) is 12.1 Å². The number of ether oxygens (including phenoxy) is 1. The molecule has 5 nitrogen and oxygen atoms in total. The number of nitrogens with zero attached hydrogens (tertiary/aromatic N) is 4. The van der Waals surface area contributed by atoms with Crippen LogP contribution in [0.4, 0.5) is 10.3 Å². The van der Waals surface area contributed by atoms with Gasteiger partial charge in [0.1, 0.15) is 5.82 Å². The molecule has 0 N–H and O–H groups in total. The molecule has 1 aromatic heterocycles. The van der Waals surface area contributed by atoms with Crippen LogP contribution in [0.5, 0.6) is 0 Å². The Kier molecular flexibility index (Phi) is 4.40. The molecule has 0 atom stereocenters. The van der Waals surface area contributed by atoms with E-state index in [9.17, 15) is 4.39 Å². The highest BCUT2D eigenvalue weighted by molar-refractivity contribution is 5.34. The number of hydrogen-bond donors (Lipinski definition) is 0. The maximum absolute atomic E-state index is 13.0. The summed E-state index contributed by atoms with van der Waals surface area (Å²) in [4.78, 5) is 13.9. The van der Waals surface area contributed by atoms with Crippen LogP contribution in [-0.4, -0.2) is 47.7 Å². The first kappa shape index (κ1) is 15.5. The summed E-state index contributed by atoms with van der Waals surface area (Å²) in [6.07, 6.45) is 2.89. The van der Waals surface area contributed by atoms with Gasteiger partial charge in [-0.2, -0.15) is 0 Å². The van der Waals surface area contributed by atoms with E-state index in [0.29, 0.717) is 0 Å². The fraction of sp³-hybridized carbons (Fsp3) is 0.444. The van der Waals surface area contributed by atoms with Crippen molar-refractivity contribution in [1.82, 2.24) is 14.9 Å². The number of rotatable bonds is 3. The highest BCUT2D eigenvalue weighted by atomic mass is 19.1. The molecule has 0 saturated carbocycles. The van der Waals surface area contributed by atoms with E-state index in [1.54, 1.807) is 0 Å². The van der Waals surface area contributed by atoms with Gasteiger partial charge in [0.15, 0.2) is 0 Å². The molecule has 6 heteroatoms. The van der Waals surface area contributed by atoms with Crippen LogP contribution in [0.2, 0.25) is 0 Å². The van der Waals surface area contributed by atoms with Crippen molar-refractivity contribution in [3.63, 3.8) is 0 Å². The van der Waals surface area contributed by atoms with Crippen LogP contribution in [-0.2, 0) is 24.2 Å². The minimum absolute atomic E-state index is 0.188. The van der Waals surface area contributed by atoms with E-state index in [4.69, 9.17) is 9.72 Å². The molecule has 0 bridgehead atoms. The average Bonchev–Trinajstić information content (AvgIpc) is 2.64. The number of halogens is 1. The first-order valence-corrected chi connectivity index (χ1v) is 8.42. The Morgan fingerprint density at radius 1 is 1.08 bits per heavy atom. The number of morpholine rings is 1. The maximum Gasteiger partial charge on any atom is 0.225 e. The van der Waals surface area contributed by atoms with Crippen LogP contribution in [0.15, 0.2) is 30.5 Å². The van der Waals surface area contributed by atoms with Crippen LogP contribution in [0.25, 0.3) is 0 Å². The van der Waals surface area contributed by atoms with Gasteiger partial charge in [-0.05, 0) is 17.7 Å². The maximum atomic E-state index is 13.0. The van der Waals surface area contributed by atoms with Crippen molar-refractivity contribution < 1.29 is 9.13 Å². The third-order valence-electron chi connectivity index (χ3n) is 4.61. The lowest BCUT2D eigenvalue weighted by Gasteiger charge is -2.30. The highest BCUT2D eigenvalue weighted by Crippen LogP contribution is 2.21. The van der Waals surface area contributed by atoms with Crippen molar-refractivity contribution in [2.24, 2.45) is 0 Å². The molecule has 24 heavy (non-hydrogen) atoms. The van der Waals surface area contributed by atoms with Gasteiger partial charge < -0.3 is 9.64 Å². The fourth-order valence-corrected chi connectivity index (χ4v) is 3.26. The largest absolute Gasteiger partial charge is 0.378 e. The highest BCUT2D eigenvalue weighted by Gasteiger charge is 2.21. The SMILES string of the molecule is Fc1ccc(CN2CCc3nc(N4CCOCC4)ncc3C2)cc1. The summed E-state index contributed by atoms with van der Waals surface area (Å²) in [6, 6.07) is 6.74. The summed E-state index contributed by atoms with van der Waals surface area (Å²) in [5.74, 6) is 0.635. The minimum atomic E-state index is -0.188. The molecule has 4 rings (SSSR count). The van der Waals surface area contributed by atoms with Crippen LogP contribution in [0, 0.1) is 5.82 Å². The molecule has 2 aliphatic rings. The van der Waals surface area contributed by atoms with Crippen LogP contribution >= 0.6 is 0 Å². The second-order valence-electron chi connectivity index (χ2n) is 6.33. The van der Waals surface area contributed by atoms with E-state index in [1.165, 1.54) is 17.7 Å². The molecule has 1 aromatic carbocycles. The molecule has 0 aliphatic carbocycles. The van der Waals surface area contributed by atoms with Crippen molar-refractivity contribution in [1.29, 1.82) is 0 Å². The predicted octanol–water partition coefficient (Wildman–Crippen LogP) is 2.01. The fourth-order valence-electron chi connectivity index (χ4n) is 3.26. The van der Waals surface area contributed by atoms with Gasteiger partial charge in [-0.25, -0.2) is 14.4 Å². The van der Waals surface area contributed by atoms with Crippen molar-refractivity contribution in [3.8, 4) is 0 Å². The molecular formula is C18H21FN4O. The Labute approximate surface area is 141 Å². The molecule has 1 fully saturated rings. The zero-order valence-corrected chi connectivity index (χ0v) is 13.6. The summed E-state index contributed by atoms with van der Waals surface area (Å²) < 4.78 is 18.4. The Hall–Kier alpha value is -2.05. The number of hydrogen-bond acceptors (Lipinski definition) is 5. The molecular weight excluding hydrogens is 307 g/mol. The second kappa shape index (κ2) is 6.83. The normalized spacial score (nSPS) is 18.5. The first-order valence-electron chi connectivity index (χ1n) is 8.42. The predicted molar refractivity (Wildman–Crippen MR) is 89.3 cm³/mol. The first-order chi connectivity index (χ1) is 11.8. The van der Waals surface area contributed by atoms with Crippen LogP contribution in [0.3, 0.4) is 0 Å². The molecule has 126 valence electrons. The Morgan fingerprint density at radius 2 is 1.88 bits per heavy atom. The molecule has 2 aliphatic heterocycles. The summed E-state index contributed by atoms with van der Waals surface area (Å²) in [6.45, 7) is 5.83. The minimum Gasteiger partial charge on any atom is -0.378 e. The van der Waals surface area contributed by atoms with Crippen molar-refractivity contribution in [2.45, 2.75) is 19.5 Å². The van der Waals surface area contributed by atoms with E-state index in [1.807, 2.05) is 18.3 Å². The van der Waals surface area contributed by atoms with Crippen molar-refractivity contribution in [2.75, 3.05) is 37.7 Å². The van der Waals surface area contributed by atoms with Gasteiger partial charge in [0, 0.05) is 50.9 Å². The Bertz CT molecular complexity index is 701. The summed E-state index contributed by atoms with van der Waals surface area (Å²) in [5, 5.41) is 0. The Balaban J connectivity index is 1.44. The number of fused-ring (bicyclic) bond motifs is 1. The average molecular weight is 328 g/mol. The third-order valence-corrected chi connectivity index (χ3v) is 4.61. The number of benzene rings is 1. The lowest BCUT2D eigenvalue weighted by atomic mass is 10.1. The van der Waals surface area contributed by atoms with E-state index >= 15 is 0 Å². The zero-order valence-electron chi connectivity index (χ0n) is 13.6. The molecule has 3 heterocycles. The summed E-state index contributed by atoms with van der Waals surface area (Å²) >= 11 is 0. The van der Waals surface area contributed by atoms with E-state index < -0.39 is 0 Å². The van der Waals surface area contributed by atoms with Gasteiger partial charge in [0.05, 0.1) is 18.9 Å². The molecule has 0 amide bonds. The van der Waals surface area contributed by atoms with E-state index in [2.05, 4.69) is 14.8 Å². The number of aromatic nitrogens is 2. The summed E-state index contributed by atoms with van der Waals surface area (Å²) in [7, 11) is 0. The van der Waals surface area contributed by atoms with Gasteiger partial charge >= 0.3 is 0 Å². The molecule has 2 aromatic rings. The molecule has 0 spiro atoms. The topological polar surface area (TPSA) is 41.5 Å². The second-order valence-corrected chi connectivity index (χ2v) is 6.33.